The smallest absolute Gasteiger partial charge is 0.201 e. The van der Waals surface area contributed by atoms with Crippen molar-refractivity contribution in [1.29, 1.82) is 0 Å². The molecule has 1 saturated heterocycles. The Kier molecular flexibility index (Phi) is 3.15. The molecule has 4 nitrogen and oxygen atoms in total. The van der Waals surface area contributed by atoms with Crippen LogP contribution in [0.25, 0.3) is 11.0 Å². The molecule has 0 bridgehead atoms. The topological polar surface area (TPSA) is 53.1 Å². The minimum absolute atomic E-state index is 0.222. The van der Waals surface area contributed by atoms with Crippen molar-refractivity contribution < 1.29 is 4.74 Å². The lowest BCUT2D eigenvalue weighted by atomic mass is 9.82. The van der Waals surface area contributed by atoms with E-state index in [1.54, 1.807) is 0 Å². The van der Waals surface area contributed by atoms with Crippen LogP contribution in [0.3, 0.4) is 0 Å². The van der Waals surface area contributed by atoms with Crippen molar-refractivity contribution in [2.75, 3.05) is 18.9 Å². The summed E-state index contributed by atoms with van der Waals surface area (Å²) in [6, 6.07) is 5.73. The highest BCUT2D eigenvalue weighted by molar-refractivity contribution is 6.31. The molecule has 2 aromatic rings. The number of nitrogens with two attached hydrogens (primary N) is 1. The zero-order valence-corrected chi connectivity index (χ0v) is 11.8. The second-order valence-corrected chi connectivity index (χ2v) is 6.05. The Morgan fingerprint density at radius 2 is 2.16 bits per heavy atom. The van der Waals surface area contributed by atoms with Gasteiger partial charge in [-0.15, -0.1) is 0 Å². The van der Waals surface area contributed by atoms with E-state index in [2.05, 4.69) is 16.5 Å². The second-order valence-electron chi connectivity index (χ2n) is 5.61. The van der Waals surface area contributed by atoms with Crippen LogP contribution in [0.1, 0.15) is 19.8 Å². The number of nitrogen functional groups attached to an aromatic ring is 1. The first-order valence-corrected chi connectivity index (χ1v) is 6.94. The van der Waals surface area contributed by atoms with Crippen LogP contribution in [-0.2, 0) is 11.3 Å². The SMILES string of the molecule is CC1(Cn2c(N)nc3cc(Cl)ccc32)CCOCC1. The average Bonchev–Trinajstić information content (AvgIpc) is 2.65. The molecule has 1 aromatic carbocycles. The Balaban J connectivity index is 1.98. The lowest BCUT2D eigenvalue weighted by Crippen LogP contribution is -2.31. The molecule has 102 valence electrons. The van der Waals surface area contributed by atoms with Crippen molar-refractivity contribution in [3.8, 4) is 0 Å². The number of halogens is 1. The van der Waals surface area contributed by atoms with Crippen LogP contribution in [0, 0.1) is 5.41 Å². The molecule has 1 fully saturated rings. The van der Waals surface area contributed by atoms with Gasteiger partial charge < -0.3 is 15.0 Å². The van der Waals surface area contributed by atoms with Crippen LogP contribution < -0.4 is 5.73 Å². The lowest BCUT2D eigenvalue weighted by molar-refractivity contribution is 0.0163. The minimum Gasteiger partial charge on any atom is -0.381 e. The Morgan fingerprint density at radius 3 is 2.89 bits per heavy atom. The number of nitrogens with zero attached hydrogens (tertiary/aromatic N) is 2. The van der Waals surface area contributed by atoms with Gasteiger partial charge in [0.15, 0.2) is 0 Å². The number of hydrogen-bond acceptors (Lipinski definition) is 3. The van der Waals surface area contributed by atoms with Gasteiger partial charge >= 0.3 is 0 Å². The van der Waals surface area contributed by atoms with Crippen molar-refractivity contribution in [2.24, 2.45) is 5.41 Å². The van der Waals surface area contributed by atoms with Crippen molar-refractivity contribution in [3.05, 3.63) is 23.2 Å². The molecule has 1 aromatic heterocycles. The number of fused-ring (bicyclic) bond motifs is 1. The molecular weight excluding hydrogens is 262 g/mol. The molecule has 0 aliphatic carbocycles. The van der Waals surface area contributed by atoms with Crippen molar-refractivity contribution in [3.63, 3.8) is 0 Å². The van der Waals surface area contributed by atoms with E-state index in [1.807, 2.05) is 18.2 Å². The highest BCUT2D eigenvalue weighted by Gasteiger charge is 2.29. The number of hydrogen-bond donors (Lipinski definition) is 1. The van der Waals surface area contributed by atoms with Crippen LogP contribution in [0.5, 0.6) is 0 Å². The third kappa shape index (κ3) is 2.42. The number of rotatable bonds is 2. The highest BCUT2D eigenvalue weighted by atomic mass is 35.5. The van der Waals surface area contributed by atoms with Crippen LogP contribution in [-0.4, -0.2) is 22.8 Å². The summed E-state index contributed by atoms with van der Waals surface area (Å²) in [5.74, 6) is 0.560. The Morgan fingerprint density at radius 1 is 1.42 bits per heavy atom. The van der Waals surface area contributed by atoms with Gasteiger partial charge in [0, 0.05) is 24.8 Å². The second kappa shape index (κ2) is 4.69. The predicted octanol–water partition coefficient (Wildman–Crippen LogP) is 3.09. The van der Waals surface area contributed by atoms with E-state index in [0.29, 0.717) is 11.0 Å². The van der Waals surface area contributed by atoms with Crippen LogP contribution in [0.4, 0.5) is 5.95 Å². The van der Waals surface area contributed by atoms with Gasteiger partial charge in [-0.05, 0) is 36.5 Å². The lowest BCUT2D eigenvalue weighted by Gasteiger charge is -2.34. The summed E-state index contributed by atoms with van der Waals surface area (Å²) in [6.07, 6.45) is 2.11. The highest BCUT2D eigenvalue weighted by Crippen LogP contribution is 2.34. The molecule has 0 radical (unpaired) electrons. The third-order valence-electron chi connectivity index (χ3n) is 3.98. The molecule has 2 heterocycles. The molecule has 0 amide bonds. The molecule has 0 unspecified atom stereocenters. The summed E-state index contributed by atoms with van der Waals surface area (Å²) in [6.45, 7) is 4.82. The number of imidazole rings is 1. The summed E-state index contributed by atoms with van der Waals surface area (Å²) in [4.78, 5) is 4.40. The number of anilines is 1. The molecule has 19 heavy (non-hydrogen) atoms. The fourth-order valence-electron chi connectivity index (χ4n) is 2.69. The zero-order chi connectivity index (χ0) is 13.5. The van der Waals surface area contributed by atoms with Gasteiger partial charge in [-0.3, -0.25) is 0 Å². The van der Waals surface area contributed by atoms with Crippen LogP contribution >= 0.6 is 11.6 Å². The molecule has 0 saturated carbocycles. The van der Waals surface area contributed by atoms with E-state index in [9.17, 15) is 0 Å². The van der Waals surface area contributed by atoms with Gasteiger partial charge in [0.05, 0.1) is 11.0 Å². The molecule has 3 rings (SSSR count). The fraction of sp³-hybridized carbons (Fsp3) is 0.500. The van der Waals surface area contributed by atoms with E-state index < -0.39 is 0 Å². The Hall–Kier alpha value is -1.26. The summed E-state index contributed by atoms with van der Waals surface area (Å²) in [5, 5.41) is 0.689. The van der Waals surface area contributed by atoms with E-state index in [4.69, 9.17) is 22.1 Å². The van der Waals surface area contributed by atoms with Crippen molar-refractivity contribution in [2.45, 2.75) is 26.3 Å². The van der Waals surface area contributed by atoms with Gasteiger partial charge in [-0.1, -0.05) is 18.5 Å². The largest absolute Gasteiger partial charge is 0.381 e. The average molecular weight is 280 g/mol. The van der Waals surface area contributed by atoms with E-state index in [0.717, 1.165) is 43.6 Å². The number of aromatic nitrogens is 2. The molecule has 0 atom stereocenters. The standard InChI is InChI=1S/C14H18ClN3O/c1-14(4-6-19-7-5-14)9-18-12-3-2-10(15)8-11(12)17-13(18)16/h2-3,8H,4-7,9H2,1H3,(H2,16,17). The monoisotopic (exact) mass is 279 g/mol. The maximum Gasteiger partial charge on any atom is 0.201 e. The van der Waals surface area contributed by atoms with E-state index in [1.165, 1.54) is 0 Å². The Labute approximate surface area is 117 Å². The van der Waals surface area contributed by atoms with Gasteiger partial charge in [-0.25, -0.2) is 4.98 Å². The molecule has 0 spiro atoms. The molecule has 1 aliphatic rings. The molecular formula is C14H18ClN3O. The number of ether oxygens (including phenoxy) is 1. The maximum atomic E-state index is 6.06. The maximum absolute atomic E-state index is 6.06. The van der Waals surface area contributed by atoms with Crippen molar-refractivity contribution in [1.82, 2.24) is 9.55 Å². The summed E-state index contributed by atoms with van der Waals surface area (Å²) in [7, 11) is 0. The summed E-state index contributed by atoms with van der Waals surface area (Å²) in [5.41, 5.74) is 8.19. The first-order chi connectivity index (χ1) is 9.07. The third-order valence-corrected chi connectivity index (χ3v) is 4.21. The first kappa shape index (κ1) is 12.8. The zero-order valence-electron chi connectivity index (χ0n) is 11.0. The van der Waals surface area contributed by atoms with Gasteiger partial charge in [0.25, 0.3) is 0 Å². The molecule has 2 N–H and O–H groups in total. The predicted molar refractivity (Wildman–Crippen MR) is 77.3 cm³/mol. The van der Waals surface area contributed by atoms with E-state index in [-0.39, 0.29) is 5.41 Å². The normalized spacial score (nSPS) is 18.8. The van der Waals surface area contributed by atoms with Gasteiger partial charge in [0.1, 0.15) is 0 Å². The van der Waals surface area contributed by atoms with Crippen LogP contribution in [0.15, 0.2) is 18.2 Å². The summed E-state index contributed by atoms with van der Waals surface area (Å²) < 4.78 is 7.54. The molecule has 5 heteroatoms. The summed E-state index contributed by atoms with van der Waals surface area (Å²) >= 11 is 5.99. The van der Waals surface area contributed by atoms with Gasteiger partial charge in [0.2, 0.25) is 5.95 Å². The number of benzene rings is 1. The first-order valence-electron chi connectivity index (χ1n) is 6.56. The van der Waals surface area contributed by atoms with Gasteiger partial charge in [-0.2, -0.15) is 0 Å². The van der Waals surface area contributed by atoms with Crippen molar-refractivity contribution >= 4 is 28.6 Å². The fourth-order valence-corrected chi connectivity index (χ4v) is 2.86. The van der Waals surface area contributed by atoms with E-state index >= 15 is 0 Å². The molecule has 1 aliphatic heterocycles. The quantitative estimate of drug-likeness (QED) is 0.919. The Bertz CT molecular complexity index is 602. The minimum atomic E-state index is 0.222. The van der Waals surface area contributed by atoms with Crippen LogP contribution in [0.2, 0.25) is 5.02 Å².